The van der Waals surface area contributed by atoms with Crippen LogP contribution in [-0.4, -0.2) is 37.2 Å². The summed E-state index contributed by atoms with van der Waals surface area (Å²) < 4.78 is 8.90. The van der Waals surface area contributed by atoms with Crippen LogP contribution in [0.2, 0.25) is 0 Å². The smallest absolute Gasteiger partial charge is 0.236 e. The summed E-state index contributed by atoms with van der Waals surface area (Å²) in [6.45, 7) is 8.35. The Bertz CT molecular complexity index is 1130. The van der Waals surface area contributed by atoms with E-state index in [2.05, 4.69) is 36.9 Å². The van der Waals surface area contributed by atoms with E-state index in [0.29, 0.717) is 35.5 Å². The lowest BCUT2D eigenvalue weighted by Crippen LogP contribution is -2.35. The molecule has 2 N–H and O–H groups in total. The number of aromatic nitrogens is 4. The van der Waals surface area contributed by atoms with E-state index in [1.54, 1.807) is 36.6 Å². The highest BCUT2D eigenvalue weighted by molar-refractivity contribution is 8.02. The van der Waals surface area contributed by atoms with E-state index in [1.807, 2.05) is 45.0 Å². The van der Waals surface area contributed by atoms with Gasteiger partial charge in [-0.25, -0.2) is 15.0 Å². The summed E-state index contributed by atoms with van der Waals surface area (Å²) in [5, 5.41) is 2.99. The van der Waals surface area contributed by atoms with Crippen molar-refractivity contribution in [1.82, 2.24) is 19.9 Å². The average Bonchev–Trinajstić information content (AvgIpc) is 3.56. The van der Waals surface area contributed by atoms with Gasteiger partial charge in [0.05, 0.1) is 35.8 Å². The molecule has 2 aromatic heterocycles. The lowest BCUT2D eigenvalue weighted by molar-refractivity contribution is -0.120. The summed E-state index contributed by atoms with van der Waals surface area (Å²) >= 11 is 1.64. The van der Waals surface area contributed by atoms with E-state index in [1.165, 1.54) is 12.8 Å². The lowest BCUT2D eigenvalue weighted by atomic mass is 9.88. The summed E-state index contributed by atoms with van der Waals surface area (Å²) in [6.07, 6.45) is 7.31. The van der Waals surface area contributed by atoms with Crippen LogP contribution in [0.15, 0.2) is 48.9 Å². The summed E-state index contributed by atoms with van der Waals surface area (Å²) in [4.78, 5) is 30.6. The molecule has 0 saturated heterocycles. The Morgan fingerprint density at radius 2 is 1.91 bits per heavy atom. The van der Waals surface area contributed by atoms with Crippen molar-refractivity contribution in [3.8, 4) is 17.1 Å². The van der Waals surface area contributed by atoms with Crippen molar-refractivity contribution in [2.24, 2.45) is 0 Å². The average molecular weight is 465 g/mol. The third-order valence-corrected chi connectivity index (χ3v) is 6.74. The van der Waals surface area contributed by atoms with Gasteiger partial charge in [-0.1, -0.05) is 12.1 Å². The van der Waals surface area contributed by atoms with Gasteiger partial charge < -0.3 is 10.1 Å². The molecule has 0 atom stereocenters. The molecule has 0 unspecified atom stereocenters. The zero-order chi connectivity index (χ0) is 23.5. The number of ether oxygens (including phenoxy) is 1. The maximum Gasteiger partial charge on any atom is 0.236 e. The van der Waals surface area contributed by atoms with E-state index in [0.717, 1.165) is 5.56 Å². The van der Waals surface area contributed by atoms with Crippen molar-refractivity contribution in [3.05, 3.63) is 54.6 Å². The normalized spacial score (nSPS) is 14.4. The molecule has 8 nitrogen and oxygen atoms in total. The molecule has 33 heavy (non-hydrogen) atoms. The highest BCUT2D eigenvalue weighted by atomic mass is 32.2. The van der Waals surface area contributed by atoms with Crippen LogP contribution < -0.4 is 14.8 Å². The number of nitrogens with one attached hydrogen (secondary N) is 2. The number of nitrogens with zero attached hydrogens (tertiary/aromatic N) is 4. The molecule has 0 spiro atoms. The first kappa shape index (κ1) is 23.0. The van der Waals surface area contributed by atoms with Crippen LogP contribution in [-0.2, 0) is 10.2 Å². The van der Waals surface area contributed by atoms with E-state index < -0.39 is 5.41 Å². The van der Waals surface area contributed by atoms with Crippen molar-refractivity contribution in [2.75, 3.05) is 16.6 Å². The summed E-state index contributed by atoms with van der Waals surface area (Å²) in [5.74, 6) is 0.851. The Kier molecular flexibility index (Phi) is 6.51. The molecule has 3 aromatic rings. The second kappa shape index (κ2) is 9.35. The molecule has 2 heterocycles. The minimum atomic E-state index is -0.844. The number of anilines is 2. The highest BCUT2D eigenvalue weighted by Crippen LogP contribution is 2.47. The molecule has 0 bridgehead atoms. The van der Waals surface area contributed by atoms with Crippen LogP contribution in [0.5, 0.6) is 5.88 Å². The Labute approximate surface area is 198 Å². The topological polar surface area (TPSA) is 102 Å². The van der Waals surface area contributed by atoms with Crippen LogP contribution >= 0.6 is 11.9 Å². The third-order valence-electron chi connectivity index (χ3n) is 5.55. The number of rotatable bonds is 9. The van der Waals surface area contributed by atoms with Gasteiger partial charge in [-0.15, -0.1) is 0 Å². The van der Waals surface area contributed by atoms with E-state index in [-0.39, 0.29) is 10.7 Å². The number of carbonyl (C=O) groups is 1. The molecule has 0 radical (unpaired) electrons. The quantitative estimate of drug-likeness (QED) is 0.433. The molecule has 1 aliphatic rings. The summed E-state index contributed by atoms with van der Waals surface area (Å²) in [6, 6.07) is 9.26. The van der Waals surface area contributed by atoms with E-state index in [9.17, 15) is 4.79 Å². The summed E-state index contributed by atoms with van der Waals surface area (Å²) in [5.41, 5.74) is 2.09. The molecule has 1 amide bonds. The Morgan fingerprint density at radius 3 is 2.61 bits per heavy atom. The minimum Gasteiger partial charge on any atom is -0.477 e. The number of amides is 1. The third kappa shape index (κ3) is 5.60. The monoisotopic (exact) mass is 464 g/mol. The fourth-order valence-corrected chi connectivity index (χ4v) is 3.78. The maximum absolute atomic E-state index is 13.1. The van der Waals surface area contributed by atoms with Crippen LogP contribution in [0.3, 0.4) is 0 Å². The molecule has 1 saturated carbocycles. The van der Waals surface area contributed by atoms with Crippen molar-refractivity contribution in [3.63, 3.8) is 0 Å². The Balaban J connectivity index is 1.43. The fraction of sp³-hybridized carbons (Fsp3) is 0.375. The molecule has 1 aromatic carbocycles. The highest BCUT2D eigenvalue weighted by Gasteiger charge is 2.39. The molecular formula is C24H28N6O2S. The first-order valence-electron chi connectivity index (χ1n) is 10.9. The molecular weight excluding hydrogens is 436 g/mol. The van der Waals surface area contributed by atoms with Crippen LogP contribution in [0.4, 0.5) is 11.6 Å². The second-order valence-corrected chi connectivity index (χ2v) is 10.1. The van der Waals surface area contributed by atoms with E-state index in [4.69, 9.17) is 4.74 Å². The van der Waals surface area contributed by atoms with Crippen molar-refractivity contribution in [1.29, 1.82) is 0 Å². The zero-order valence-corrected chi connectivity index (χ0v) is 20.1. The molecule has 1 aliphatic carbocycles. The van der Waals surface area contributed by atoms with Gasteiger partial charge in [0.25, 0.3) is 0 Å². The Hall–Kier alpha value is -3.20. The molecule has 9 heteroatoms. The first-order chi connectivity index (χ1) is 15.8. The fourth-order valence-electron chi connectivity index (χ4n) is 3.04. The predicted octanol–water partition coefficient (Wildman–Crippen LogP) is 4.86. The minimum absolute atomic E-state index is 0.153. The van der Waals surface area contributed by atoms with Gasteiger partial charge in [-0.05, 0) is 70.7 Å². The van der Waals surface area contributed by atoms with Crippen molar-refractivity contribution < 1.29 is 9.53 Å². The maximum atomic E-state index is 13.1. The van der Waals surface area contributed by atoms with Gasteiger partial charge in [0, 0.05) is 22.2 Å². The van der Waals surface area contributed by atoms with Crippen molar-refractivity contribution in [2.45, 2.75) is 50.7 Å². The van der Waals surface area contributed by atoms with Gasteiger partial charge in [0.15, 0.2) is 0 Å². The SMILES string of the molecule is CCOc1cncc(-c2ccc(NC(=O)C(C)(C)c3ccnc(NSC4(C)CC4)n3)cc2)n1. The van der Waals surface area contributed by atoms with Crippen LogP contribution in [0.25, 0.3) is 11.3 Å². The largest absolute Gasteiger partial charge is 0.477 e. The van der Waals surface area contributed by atoms with Gasteiger partial charge in [-0.2, -0.15) is 0 Å². The lowest BCUT2D eigenvalue weighted by Gasteiger charge is -2.23. The molecule has 4 rings (SSSR count). The Morgan fingerprint density at radius 1 is 1.15 bits per heavy atom. The first-order valence-corrected chi connectivity index (χ1v) is 11.7. The molecule has 172 valence electrons. The predicted molar refractivity (Wildman–Crippen MR) is 131 cm³/mol. The number of hydrogen-bond donors (Lipinski definition) is 2. The van der Waals surface area contributed by atoms with Gasteiger partial charge >= 0.3 is 0 Å². The van der Waals surface area contributed by atoms with Gasteiger partial charge in [0.1, 0.15) is 0 Å². The standard InChI is InChI=1S/C24H28N6O2S/c1-5-32-20-15-25-14-18(28-20)16-6-8-17(9-7-16)27-21(31)23(2,3)19-10-13-26-22(29-19)30-33-24(4)11-12-24/h6-10,13-15H,5,11-12H2,1-4H3,(H,27,31)(H,26,29,30). The summed E-state index contributed by atoms with van der Waals surface area (Å²) in [7, 11) is 0. The van der Waals surface area contributed by atoms with Gasteiger partial charge in [-0.3, -0.25) is 14.5 Å². The van der Waals surface area contributed by atoms with Crippen LogP contribution in [0, 0.1) is 0 Å². The zero-order valence-electron chi connectivity index (χ0n) is 19.3. The van der Waals surface area contributed by atoms with Crippen LogP contribution in [0.1, 0.15) is 46.2 Å². The molecule has 0 aliphatic heterocycles. The molecule has 1 fully saturated rings. The second-order valence-electron chi connectivity index (χ2n) is 8.75. The number of benzene rings is 1. The van der Waals surface area contributed by atoms with Gasteiger partial charge in [0.2, 0.25) is 17.7 Å². The number of carbonyl (C=O) groups excluding carboxylic acids is 1. The number of hydrogen-bond acceptors (Lipinski definition) is 8. The van der Waals surface area contributed by atoms with E-state index >= 15 is 0 Å². The van der Waals surface area contributed by atoms with Crippen molar-refractivity contribution >= 4 is 29.5 Å².